The number of hydrogen-bond donors (Lipinski definition) is 2. The lowest BCUT2D eigenvalue weighted by Crippen LogP contribution is -2.44. The molecule has 0 aromatic heterocycles. The van der Waals surface area contributed by atoms with Crippen LogP contribution in [0.5, 0.6) is 17.2 Å². The number of alkyl halides is 2. The number of para-hydroxylation sites is 3. The first-order valence-electron chi connectivity index (χ1n) is 11.8. The Hall–Kier alpha value is -2.38. The summed E-state index contributed by atoms with van der Waals surface area (Å²) in [5, 5.41) is 5.07. The van der Waals surface area contributed by atoms with E-state index in [1.807, 2.05) is 0 Å². The molecule has 0 spiro atoms. The van der Waals surface area contributed by atoms with Crippen LogP contribution in [0.3, 0.4) is 0 Å². The van der Waals surface area contributed by atoms with Gasteiger partial charge >= 0.3 is 21.3 Å². The molecule has 14 heteroatoms. The van der Waals surface area contributed by atoms with Gasteiger partial charge in [0.25, 0.3) is 0 Å². The summed E-state index contributed by atoms with van der Waals surface area (Å²) in [6, 6.07) is 22.2. The van der Waals surface area contributed by atoms with Crippen molar-refractivity contribution in [2.24, 2.45) is 0 Å². The van der Waals surface area contributed by atoms with Crippen LogP contribution in [-0.4, -0.2) is 41.3 Å². The maximum atomic E-state index is 14.1. The Kier molecular flexibility index (Phi) is 11.9. The molecule has 39 heavy (non-hydrogen) atoms. The van der Waals surface area contributed by atoms with Gasteiger partial charge in [-0.15, -0.1) is 23.2 Å². The number of nitrogens with one attached hydrogen (secondary N) is 2. The number of benzene rings is 3. The monoisotopic (exact) mass is 633 g/mol. The van der Waals surface area contributed by atoms with E-state index in [-0.39, 0.29) is 47.1 Å². The Morgan fingerprint density at radius 2 is 1.31 bits per heavy atom. The molecule has 2 N–H and O–H groups in total. The number of carbonyl (C=O) groups excluding carboxylic acids is 1. The summed E-state index contributed by atoms with van der Waals surface area (Å²) in [4.78, 5) is 13.2. The number of urea groups is 1. The summed E-state index contributed by atoms with van der Waals surface area (Å²) in [6.45, 7) is 1.61. The molecule has 210 valence electrons. The molecule has 0 bridgehead atoms. The molecule has 0 aliphatic heterocycles. The molecule has 2 unspecified atom stereocenters. The van der Waals surface area contributed by atoms with Gasteiger partial charge in [-0.2, -0.15) is 0 Å². The zero-order chi connectivity index (χ0) is 28.3. The lowest BCUT2D eigenvalue weighted by Gasteiger charge is -2.31. The first-order valence-corrected chi connectivity index (χ1v) is 16.4. The summed E-state index contributed by atoms with van der Waals surface area (Å²) in [6.07, 6.45) is 0. The Morgan fingerprint density at radius 3 is 1.79 bits per heavy atom. The van der Waals surface area contributed by atoms with E-state index in [1.54, 1.807) is 78.9 Å². The molecule has 2 atom stereocenters. The summed E-state index contributed by atoms with van der Waals surface area (Å²) in [7, 11) is -8.24. The van der Waals surface area contributed by atoms with Crippen molar-refractivity contribution in [3.8, 4) is 17.2 Å². The van der Waals surface area contributed by atoms with Crippen molar-refractivity contribution in [3.63, 3.8) is 0 Å². The number of nitrogens with zero attached hydrogens (tertiary/aromatic N) is 1. The number of amides is 2. The third kappa shape index (κ3) is 9.07. The molecule has 3 rings (SSSR count). The molecule has 0 heterocycles. The molecule has 3 aromatic carbocycles. The van der Waals surface area contributed by atoms with Crippen LogP contribution in [-0.2, 0) is 9.13 Å². The van der Waals surface area contributed by atoms with Gasteiger partial charge < -0.3 is 18.9 Å². The number of hydrogen-bond acceptors (Lipinski definition) is 6. The fourth-order valence-corrected chi connectivity index (χ4v) is 7.34. The minimum Gasteiger partial charge on any atom is -0.416 e. The molecular weight excluding hydrogens is 607 g/mol. The van der Waals surface area contributed by atoms with E-state index in [0.29, 0.717) is 0 Å². The van der Waals surface area contributed by atoms with E-state index in [1.165, 1.54) is 17.7 Å². The lowest BCUT2D eigenvalue weighted by molar-refractivity contribution is 0.240. The number of carbonyl (C=O) groups is 1. The maximum Gasteiger partial charge on any atom is 0.452 e. The predicted octanol–water partition coefficient (Wildman–Crippen LogP) is 7.60. The second-order valence-electron chi connectivity index (χ2n) is 7.98. The van der Waals surface area contributed by atoms with Gasteiger partial charge in [0.2, 0.25) is 0 Å². The SMILES string of the molecule is CC(NC(=O)NP(=O)(Oc1ccccc1Cl)N(CCCl)CCCl)P(=O)(Oc1ccccc1)Oc1ccccc1. The van der Waals surface area contributed by atoms with E-state index < -0.39 is 27.1 Å². The zero-order valence-corrected chi connectivity index (χ0v) is 25.0. The molecule has 0 saturated heterocycles. The third-order valence-corrected chi connectivity index (χ3v) is 9.86. The van der Waals surface area contributed by atoms with Crippen LogP contribution in [0.25, 0.3) is 0 Å². The van der Waals surface area contributed by atoms with E-state index >= 15 is 0 Å². The predicted molar refractivity (Wildman–Crippen MR) is 156 cm³/mol. The summed E-state index contributed by atoms with van der Waals surface area (Å²) in [5.74, 6) is -0.408. The topological polar surface area (TPSA) is 106 Å². The van der Waals surface area contributed by atoms with E-state index in [9.17, 15) is 13.9 Å². The van der Waals surface area contributed by atoms with Gasteiger partial charge in [0.15, 0.2) is 5.78 Å². The van der Waals surface area contributed by atoms with Crippen LogP contribution in [0.1, 0.15) is 6.92 Å². The Balaban J connectivity index is 1.86. The molecule has 2 amide bonds. The molecule has 0 fully saturated rings. The fraction of sp³-hybridized carbons (Fsp3) is 0.240. The molecule has 3 aromatic rings. The zero-order valence-electron chi connectivity index (χ0n) is 20.9. The first-order chi connectivity index (χ1) is 18.7. The van der Waals surface area contributed by atoms with Gasteiger partial charge in [0, 0.05) is 24.8 Å². The summed E-state index contributed by atoms with van der Waals surface area (Å²) < 4.78 is 46.6. The molecule has 0 aliphatic rings. The van der Waals surface area contributed by atoms with Gasteiger partial charge in [0.1, 0.15) is 17.2 Å². The van der Waals surface area contributed by atoms with Gasteiger partial charge in [-0.1, -0.05) is 60.1 Å². The highest BCUT2D eigenvalue weighted by atomic mass is 35.5. The Bertz CT molecular complexity index is 1250. The smallest absolute Gasteiger partial charge is 0.416 e. The molecule has 0 aliphatic carbocycles. The van der Waals surface area contributed by atoms with Crippen molar-refractivity contribution < 1.29 is 27.5 Å². The summed E-state index contributed by atoms with van der Waals surface area (Å²) >= 11 is 18.1. The number of rotatable bonds is 14. The van der Waals surface area contributed by atoms with Crippen molar-refractivity contribution in [2.75, 3.05) is 24.8 Å². The van der Waals surface area contributed by atoms with Crippen LogP contribution in [0, 0.1) is 0 Å². The Labute approximate surface area is 242 Å². The molecule has 9 nitrogen and oxygen atoms in total. The first kappa shape index (κ1) is 31.2. The minimum absolute atomic E-state index is 0.0792. The maximum absolute atomic E-state index is 14.1. The van der Waals surface area contributed by atoms with Crippen molar-refractivity contribution in [3.05, 3.63) is 90.0 Å². The van der Waals surface area contributed by atoms with Gasteiger partial charge in [-0.25, -0.2) is 23.7 Å². The average molecular weight is 635 g/mol. The standard InChI is InChI=1S/C25H28Cl3N3O6P2/c1-20(38(33,35-21-10-4-2-5-11-21)36-22-12-6-3-7-13-22)29-25(32)30-39(34,31(18-16-26)19-17-27)37-24-15-9-8-14-23(24)28/h2-15,20H,16-19H2,1H3,(H2,29,30,32,34). The lowest BCUT2D eigenvalue weighted by atomic mass is 10.3. The highest BCUT2D eigenvalue weighted by molar-refractivity contribution is 7.56. The largest absolute Gasteiger partial charge is 0.452 e. The van der Waals surface area contributed by atoms with Gasteiger partial charge in [0.05, 0.1) is 5.02 Å². The van der Waals surface area contributed by atoms with Crippen LogP contribution in [0.2, 0.25) is 5.02 Å². The van der Waals surface area contributed by atoms with Crippen molar-refractivity contribution in [1.29, 1.82) is 0 Å². The molecule has 0 radical (unpaired) electrons. The van der Waals surface area contributed by atoms with Crippen LogP contribution in [0.4, 0.5) is 4.79 Å². The Morgan fingerprint density at radius 1 is 0.821 bits per heavy atom. The van der Waals surface area contributed by atoms with Crippen molar-refractivity contribution in [1.82, 2.24) is 15.1 Å². The van der Waals surface area contributed by atoms with Crippen molar-refractivity contribution in [2.45, 2.75) is 12.7 Å². The van der Waals surface area contributed by atoms with Gasteiger partial charge in [-0.3, -0.25) is 0 Å². The summed E-state index contributed by atoms with van der Waals surface area (Å²) in [5.41, 5.74) is 0. The highest BCUT2D eigenvalue weighted by Crippen LogP contribution is 2.52. The average Bonchev–Trinajstić information content (AvgIpc) is 2.91. The van der Waals surface area contributed by atoms with Crippen molar-refractivity contribution >= 4 is 56.1 Å². The second-order valence-corrected chi connectivity index (χ2v) is 13.4. The van der Waals surface area contributed by atoms with Crippen LogP contribution < -0.4 is 24.0 Å². The van der Waals surface area contributed by atoms with Gasteiger partial charge in [-0.05, 0) is 43.3 Å². The van der Waals surface area contributed by atoms with Crippen LogP contribution in [0.15, 0.2) is 84.9 Å². The third-order valence-electron chi connectivity index (χ3n) is 5.13. The fourth-order valence-electron chi connectivity index (χ4n) is 3.24. The van der Waals surface area contributed by atoms with E-state index in [4.69, 9.17) is 48.4 Å². The highest BCUT2D eigenvalue weighted by Gasteiger charge is 2.40. The molecule has 0 saturated carbocycles. The van der Waals surface area contributed by atoms with E-state index in [2.05, 4.69) is 10.4 Å². The van der Waals surface area contributed by atoms with E-state index in [0.717, 1.165) is 0 Å². The second kappa shape index (κ2) is 14.8. The molecular formula is C25H28Cl3N3O6P2. The number of halogens is 3. The normalized spacial score (nSPS) is 13.7. The van der Waals surface area contributed by atoms with Crippen LogP contribution >= 0.6 is 50.1 Å². The minimum atomic E-state index is -4.16. The quantitative estimate of drug-likeness (QED) is 0.139.